The highest BCUT2D eigenvalue weighted by atomic mass is 28.3. The Morgan fingerprint density at radius 2 is 1.67 bits per heavy atom. The summed E-state index contributed by atoms with van der Waals surface area (Å²) in [5.41, 5.74) is 2.83. The van der Waals surface area contributed by atoms with Crippen LogP contribution in [0, 0.1) is 13.8 Å². The van der Waals surface area contributed by atoms with E-state index >= 15 is 0 Å². The lowest BCUT2D eigenvalue weighted by molar-refractivity contribution is 0.846. The van der Waals surface area contributed by atoms with Crippen LogP contribution in [0.4, 0.5) is 0 Å². The first-order valence-corrected chi connectivity index (χ1v) is 7.97. The molecule has 1 rings (SSSR count). The fourth-order valence-corrected chi connectivity index (χ4v) is 3.51. The molecule has 1 aromatic rings. The van der Waals surface area contributed by atoms with Gasteiger partial charge in [-0.15, -0.1) is 0 Å². The molecule has 0 amide bonds. The lowest BCUT2D eigenvalue weighted by atomic mass is 10.4. The molecule has 0 bridgehead atoms. The molecule has 1 nitrogen and oxygen atoms in total. The van der Waals surface area contributed by atoms with E-state index in [0.29, 0.717) is 0 Å². The predicted molar refractivity (Wildman–Crippen MR) is 57.9 cm³/mol. The number of hydrogen-bond donors (Lipinski definition) is 0. The van der Waals surface area contributed by atoms with Crippen LogP contribution in [0.1, 0.15) is 11.4 Å². The average molecular weight is 181 g/mol. The van der Waals surface area contributed by atoms with Gasteiger partial charge in [-0.05, 0) is 25.1 Å². The van der Waals surface area contributed by atoms with E-state index in [1.165, 1.54) is 11.4 Å². The first kappa shape index (κ1) is 9.58. The Morgan fingerprint density at radius 3 is 1.83 bits per heavy atom. The zero-order valence-electron chi connectivity index (χ0n) is 9.02. The number of nitrogens with zero attached hydrogens (tertiary/aromatic N) is 1. The van der Waals surface area contributed by atoms with Crippen LogP contribution in [-0.4, -0.2) is 12.6 Å². The zero-order valence-corrected chi connectivity index (χ0v) is 10.0. The van der Waals surface area contributed by atoms with Crippen molar-refractivity contribution >= 4 is 13.3 Å². The monoisotopic (exact) mass is 181 g/mol. The maximum absolute atomic E-state index is 2.40. The van der Waals surface area contributed by atoms with Crippen LogP contribution in [0.15, 0.2) is 6.07 Å². The maximum atomic E-state index is 2.40. The van der Waals surface area contributed by atoms with E-state index in [1.807, 2.05) is 0 Å². The fraction of sp³-hybridized carbons (Fsp3) is 0.600. The summed E-state index contributed by atoms with van der Waals surface area (Å²) >= 11 is 0. The number of aryl methyl sites for hydroxylation is 1. The van der Waals surface area contributed by atoms with Gasteiger partial charge in [0.25, 0.3) is 0 Å². The van der Waals surface area contributed by atoms with E-state index in [2.05, 4.69) is 51.2 Å². The van der Waals surface area contributed by atoms with E-state index in [0.717, 1.165) is 0 Å². The van der Waals surface area contributed by atoms with E-state index in [-0.39, 0.29) is 0 Å². The lowest BCUT2D eigenvalue weighted by Gasteiger charge is -2.16. The van der Waals surface area contributed by atoms with Gasteiger partial charge in [-0.1, -0.05) is 19.6 Å². The molecule has 0 N–H and O–H groups in total. The summed E-state index contributed by atoms with van der Waals surface area (Å²) in [6.07, 6.45) is 0. The van der Waals surface area contributed by atoms with Crippen molar-refractivity contribution in [1.29, 1.82) is 0 Å². The molecule has 0 aliphatic rings. The number of hydrogen-bond acceptors (Lipinski definition) is 0. The van der Waals surface area contributed by atoms with Crippen molar-refractivity contribution in [3.05, 3.63) is 17.5 Å². The van der Waals surface area contributed by atoms with Crippen LogP contribution in [0.25, 0.3) is 0 Å². The summed E-state index contributed by atoms with van der Waals surface area (Å²) in [6, 6.07) is 2.35. The quantitative estimate of drug-likeness (QED) is 0.585. The minimum absolute atomic E-state index is 1.11. The second kappa shape index (κ2) is 2.77. The van der Waals surface area contributed by atoms with Gasteiger partial charge in [0.15, 0.2) is 0 Å². The SMILES string of the molecule is Cc1cc([Si](C)(C)C)c(C)n1C. The van der Waals surface area contributed by atoms with E-state index in [4.69, 9.17) is 0 Å². The Kier molecular flexibility index (Phi) is 2.21. The summed E-state index contributed by atoms with van der Waals surface area (Å²) in [4.78, 5) is 0. The van der Waals surface area contributed by atoms with Gasteiger partial charge in [-0.25, -0.2) is 0 Å². The fourth-order valence-electron chi connectivity index (χ4n) is 1.61. The van der Waals surface area contributed by atoms with Crippen LogP contribution in [0.2, 0.25) is 19.6 Å². The molecule has 0 radical (unpaired) electrons. The molecular weight excluding hydrogens is 162 g/mol. The third-order valence-electron chi connectivity index (χ3n) is 2.58. The van der Waals surface area contributed by atoms with E-state index < -0.39 is 8.07 Å². The predicted octanol–water partition coefficient (Wildman–Crippen LogP) is 2.19. The molecule has 0 saturated heterocycles. The van der Waals surface area contributed by atoms with Gasteiger partial charge in [-0.3, -0.25) is 0 Å². The van der Waals surface area contributed by atoms with E-state index in [1.54, 1.807) is 5.19 Å². The highest BCUT2D eigenvalue weighted by Gasteiger charge is 2.21. The molecule has 0 aliphatic carbocycles. The summed E-state index contributed by atoms with van der Waals surface area (Å²) in [7, 11) is 1.04. The lowest BCUT2D eigenvalue weighted by Crippen LogP contribution is -2.38. The largest absolute Gasteiger partial charge is 0.352 e. The van der Waals surface area contributed by atoms with Crippen molar-refractivity contribution in [1.82, 2.24) is 4.57 Å². The third-order valence-corrected chi connectivity index (χ3v) is 4.71. The number of rotatable bonds is 1. The van der Waals surface area contributed by atoms with Gasteiger partial charge in [0.05, 0.1) is 8.07 Å². The van der Waals surface area contributed by atoms with Crippen LogP contribution < -0.4 is 5.19 Å². The maximum Gasteiger partial charge on any atom is 0.0799 e. The van der Waals surface area contributed by atoms with Gasteiger partial charge in [0.2, 0.25) is 0 Å². The molecule has 0 aromatic carbocycles. The van der Waals surface area contributed by atoms with E-state index in [9.17, 15) is 0 Å². The van der Waals surface area contributed by atoms with Gasteiger partial charge in [-0.2, -0.15) is 0 Å². The van der Waals surface area contributed by atoms with Gasteiger partial charge in [0, 0.05) is 18.4 Å². The summed E-state index contributed by atoms with van der Waals surface area (Å²) in [5, 5.41) is 1.60. The number of aromatic nitrogens is 1. The molecule has 0 unspecified atom stereocenters. The zero-order chi connectivity index (χ0) is 9.52. The normalized spacial score (nSPS) is 12.2. The molecular formula is C10H19NSi. The molecule has 0 atom stereocenters. The van der Waals surface area contributed by atoms with Crippen molar-refractivity contribution in [3.63, 3.8) is 0 Å². The van der Waals surface area contributed by atoms with Crippen LogP contribution in [0.3, 0.4) is 0 Å². The van der Waals surface area contributed by atoms with Crippen LogP contribution in [-0.2, 0) is 7.05 Å². The highest BCUT2D eigenvalue weighted by molar-refractivity contribution is 6.89. The van der Waals surface area contributed by atoms with Crippen molar-refractivity contribution in [2.75, 3.05) is 0 Å². The van der Waals surface area contributed by atoms with Gasteiger partial charge >= 0.3 is 0 Å². The average Bonchev–Trinajstić information content (AvgIpc) is 2.15. The Bertz CT molecular complexity index is 292. The standard InChI is InChI=1S/C10H19NSi/c1-8-7-10(12(4,5)6)9(2)11(8)3/h7H,1-6H3. The molecule has 1 heterocycles. The Morgan fingerprint density at radius 1 is 1.17 bits per heavy atom. The Balaban J connectivity index is 3.28. The summed E-state index contributed by atoms with van der Waals surface area (Å²) in [6.45, 7) is 11.6. The molecule has 68 valence electrons. The van der Waals surface area contributed by atoms with Crippen molar-refractivity contribution in [3.8, 4) is 0 Å². The first-order valence-electron chi connectivity index (χ1n) is 4.47. The summed E-state index contributed by atoms with van der Waals surface area (Å²) in [5.74, 6) is 0. The molecule has 0 saturated carbocycles. The Hall–Kier alpha value is -0.503. The Labute approximate surface area is 76.4 Å². The van der Waals surface area contributed by atoms with Crippen molar-refractivity contribution < 1.29 is 0 Å². The molecule has 12 heavy (non-hydrogen) atoms. The summed E-state index contributed by atoms with van der Waals surface area (Å²) < 4.78 is 2.29. The molecule has 0 fully saturated rings. The van der Waals surface area contributed by atoms with Crippen molar-refractivity contribution in [2.24, 2.45) is 7.05 Å². The first-order chi connectivity index (χ1) is 5.34. The second-order valence-electron chi connectivity index (χ2n) is 4.59. The molecule has 0 aliphatic heterocycles. The minimum atomic E-state index is -1.11. The van der Waals surface area contributed by atoms with Crippen molar-refractivity contribution in [2.45, 2.75) is 33.5 Å². The molecule has 0 spiro atoms. The third kappa shape index (κ3) is 1.48. The highest BCUT2D eigenvalue weighted by Crippen LogP contribution is 2.10. The topological polar surface area (TPSA) is 4.93 Å². The van der Waals surface area contributed by atoms with Crippen LogP contribution in [0.5, 0.6) is 0 Å². The molecule has 1 aromatic heterocycles. The molecule has 2 heteroatoms. The van der Waals surface area contributed by atoms with Crippen LogP contribution >= 0.6 is 0 Å². The minimum Gasteiger partial charge on any atom is -0.352 e. The van der Waals surface area contributed by atoms with Gasteiger partial charge in [0.1, 0.15) is 0 Å². The van der Waals surface area contributed by atoms with Gasteiger partial charge < -0.3 is 4.57 Å². The smallest absolute Gasteiger partial charge is 0.0799 e. The second-order valence-corrected chi connectivity index (χ2v) is 9.63.